The molecule has 3 N–H and O–H groups in total. The molecule has 1 aliphatic heterocycles. The molecule has 1 fully saturated rings. The molecule has 65 heavy (non-hydrogen) atoms. The van der Waals surface area contributed by atoms with E-state index in [-0.39, 0.29) is 54.7 Å². The zero-order valence-electron chi connectivity index (χ0n) is 38.3. The number of hydrogen-bond acceptors (Lipinski definition) is 13. The van der Waals surface area contributed by atoms with Crippen LogP contribution in [0.1, 0.15) is 84.2 Å². The minimum Gasteiger partial charge on any atom is -0.497 e. The quantitative estimate of drug-likeness (QED) is 0.0373. The molecule has 6 atom stereocenters. The van der Waals surface area contributed by atoms with Crippen molar-refractivity contribution >= 4 is 30.8 Å². The third-order valence-corrected chi connectivity index (χ3v) is 13.9. The van der Waals surface area contributed by atoms with E-state index in [2.05, 4.69) is 26.3 Å². The minimum absolute atomic E-state index is 0.0378. The summed E-state index contributed by atoms with van der Waals surface area (Å²) >= 11 is 0. The van der Waals surface area contributed by atoms with Crippen LogP contribution >= 0.6 is 7.75 Å². The molecule has 1 saturated heterocycles. The van der Waals surface area contributed by atoms with Crippen molar-refractivity contribution in [3.8, 4) is 17.6 Å². The summed E-state index contributed by atoms with van der Waals surface area (Å²) in [5, 5.41) is 26.0. The number of anilines is 1. The van der Waals surface area contributed by atoms with E-state index < -0.39 is 55.3 Å². The first kappa shape index (κ1) is 49.0. The molecule has 2 aromatic heterocycles. The number of fused-ring (bicyclic) bond motifs is 1. The van der Waals surface area contributed by atoms with Gasteiger partial charge < -0.3 is 24.1 Å². The highest BCUT2D eigenvalue weighted by Crippen LogP contribution is 2.59. The maximum absolute atomic E-state index is 15.7. The van der Waals surface area contributed by atoms with E-state index >= 15 is 4.57 Å². The Morgan fingerprint density at radius 2 is 1.52 bits per heavy atom. The summed E-state index contributed by atoms with van der Waals surface area (Å²) in [7, 11) is -1.27. The van der Waals surface area contributed by atoms with Gasteiger partial charge in [-0.05, 0) is 75.1 Å². The van der Waals surface area contributed by atoms with Crippen LogP contribution < -0.4 is 20.3 Å². The smallest absolute Gasteiger partial charge is 0.409 e. The number of carbonyl (C=O) groups excluding carboxylic acids is 1. The van der Waals surface area contributed by atoms with Crippen molar-refractivity contribution in [3.63, 3.8) is 0 Å². The number of aliphatic hydroxyl groups is 1. The van der Waals surface area contributed by atoms with E-state index in [0.29, 0.717) is 34.6 Å². The molecule has 17 nitrogen and oxygen atoms in total. The number of methoxy groups -OCH3 is 2. The van der Waals surface area contributed by atoms with Crippen molar-refractivity contribution in [2.75, 3.05) is 32.8 Å². The Balaban J connectivity index is 1.66. The molecule has 348 valence electrons. The molecular weight excluding hydrogens is 854 g/mol. The van der Waals surface area contributed by atoms with Gasteiger partial charge in [0.2, 0.25) is 11.9 Å². The van der Waals surface area contributed by atoms with Crippen LogP contribution in [-0.4, -0.2) is 99.1 Å². The van der Waals surface area contributed by atoms with E-state index in [9.17, 15) is 20.0 Å². The van der Waals surface area contributed by atoms with Gasteiger partial charge in [0.05, 0.1) is 45.1 Å². The van der Waals surface area contributed by atoms with Crippen LogP contribution in [0.15, 0.2) is 90.0 Å². The van der Waals surface area contributed by atoms with Gasteiger partial charge in [-0.1, -0.05) is 75.4 Å². The molecule has 0 spiro atoms. The highest BCUT2D eigenvalue weighted by molar-refractivity contribution is 7.51. The Bertz CT molecular complexity index is 2450. The van der Waals surface area contributed by atoms with E-state index in [1.54, 1.807) is 57.0 Å². The lowest BCUT2D eigenvalue weighted by Crippen LogP contribution is -2.53. The van der Waals surface area contributed by atoms with Crippen LogP contribution in [0.5, 0.6) is 11.5 Å². The Hall–Kier alpha value is -5.44. The Labute approximate surface area is 379 Å². The number of aliphatic hydroxyl groups excluding tert-OH is 1. The van der Waals surface area contributed by atoms with Crippen LogP contribution in [0.2, 0.25) is 0 Å². The number of nitrogens with one attached hydrogen (secondary N) is 2. The number of aromatic nitrogens is 4. The zero-order valence-corrected chi connectivity index (χ0v) is 39.2. The summed E-state index contributed by atoms with van der Waals surface area (Å²) in [6.07, 6.45) is -4.94. The van der Waals surface area contributed by atoms with Gasteiger partial charge in [-0.3, -0.25) is 33.5 Å². The zero-order chi connectivity index (χ0) is 47.1. The second kappa shape index (κ2) is 21.2. The van der Waals surface area contributed by atoms with Crippen LogP contribution in [0.3, 0.4) is 0 Å². The average molecular weight is 914 g/mol. The van der Waals surface area contributed by atoms with E-state index in [0.717, 1.165) is 0 Å². The van der Waals surface area contributed by atoms with Crippen molar-refractivity contribution < 1.29 is 42.5 Å². The number of carbonyl (C=O) groups is 1. The first-order valence-corrected chi connectivity index (χ1v) is 23.3. The Morgan fingerprint density at radius 3 is 2.05 bits per heavy atom. The van der Waals surface area contributed by atoms with E-state index in [4.69, 9.17) is 28.0 Å². The Kier molecular flexibility index (Phi) is 16.0. The molecule has 3 aromatic carbocycles. The molecule has 0 radical (unpaired) electrons. The Morgan fingerprint density at radius 1 is 0.938 bits per heavy atom. The predicted molar refractivity (Wildman–Crippen MR) is 245 cm³/mol. The maximum Gasteiger partial charge on any atom is 0.409 e. The molecule has 18 heteroatoms. The molecule has 5 aromatic rings. The maximum atomic E-state index is 15.7. The molecule has 6 rings (SSSR count). The van der Waals surface area contributed by atoms with E-state index in [1.807, 2.05) is 89.2 Å². The number of rotatable bonds is 21. The van der Waals surface area contributed by atoms with Gasteiger partial charge in [-0.2, -0.15) is 10.2 Å². The van der Waals surface area contributed by atoms with Crippen LogP contribution in [0.4, 0.5) is 5.95 Å². The van der Waals surface area contributed by atoms with Crippen molar-refractivity contribution in [2.24, 2.45) is 5.92 Å². The summed E-state index contributed by atoms with van der Waals surface area (Å²) < 4.78 is 56.9. The van der Waals surface area contributed by atoms with Crippen molar-refractivity contribution in [1.82, 2.24) is 24.2 Å². The van der Waals surface area contributed by atoms with Crippen molar-refractivity contribution in [2.45, 2.75) is 109 Å². The molecule has 0 saturated carbocycles. The highest BCUT2D eigenvalue weighted by Gasteiger charge is 2.59. The standard InChI is InChI=1S/C47H60N7O10P/c1-10-26-61-40-38(64-65(58,62-27-14-25-48)54(30(4)5)31(6)7)39(63-45(40)53-28-49-37-42(53)50-46(52-44(37)57)51-43(56)29(2)3)41(55)47(32-15-12-11-13-16-32,33-17-21-35(59-8)22-18-33)34-19-23-36(60-9)24-20-34/h11-13,15-24,28-31,38-41,45,55H,10,14,26-27H2,1-9H3,(H2,50,51,52,56,57)/t38-,39+,40-,41?,45-,65?/m1/s1. The highest BCUT2D eigenvalue weighted by atomic mass is 31.2. The summed E-state index contributed by atoms with van der Waals surface area (Å²) in [4.78, 5) is 38.0. The summed E-state index contributed by atoms with van der Waals surface area (Å²) in [5.41, 5.74) is -0.142. The number of benzene rings is 3. The number of aromatic amines is 1. The minimum atomic E-state index is -4.41. The first-order chi connectivity index (χ1) is 31.1. The molecule has 0 bridgehead atoms. The van der Waals surface area contributed by atoms with Gasteiger partial charge in [0.1, 0.15) is 35.9 Å². The number of nitrogens with zero attached hydrogens (tertiary/aromatic N) is 5. The lowest BCUT2D eigenvalue weighted by atomic mass is 9.64. The monoisotopic (exact) mass is 913 g/mol. The van der Waals surface area contributed by atoms with Crippen LogP contribution in [0.25, 0.3) is 11.2 Å². The predicted octanol–water partition coefficient (Wildman–Crippen LogP) is 7.36. The largest absolute Gasteiger partial charge is 0.497 e. The fourth-order valence-corrected chi connectivity index (χ4v) is 10.8. The lowest BCUT2D eigenvalue weighted by molar-refractivity contribution is -0.118. The van der Waals surface area contributed by atoms with Crippen LogP contribution in [0, 0.1) is 17.2 Å². The number of imidazole rings is 1. The summed E-state index contributed by atoms with van der Waals surface area (Å²) in [6, 6.07) is 25.4. The van der Waals surface area contributed by atoms with Gasteiger partial charge in [0, 0.05) is 24.6 Å². The van der Waals surface area contributed by atoms with Gasteiger partial charge in [-0.15, -0.1) is 0 Å². The third kappa shape index (κ3) is 10.0. The fourth-order valence-electron chi connectivity index (χ4n) is 8.47. The number of ether oxygens (including phenoxy) is 4. The van der Waals surface area contributed by atoms with Crippen molar-refractivity contribution in [1.29, 1.82) is 5.26 Å². The second-order valence-electron chi connectivity index (χ2n) is 16.6. The van der Waals surface area contributed by atoms with Gasteiger partial charge in [0.15, 0.2) is 17.4 Å². The van der Waals surface area contributed by atoms with E-state index in [1.165, 1.54) is 10.9 Å². The second-order valence-corrected chi connectivity index (χ2v) is 18.5. The first-order valence-electron chi connectivity index (χ1n) is 21.8. The number of amides is 1. The number of nitriles is 1. The van der Waals surface area contributed by atoms with Crippen molar-refractivity contribution in [3.05, 3.63) is 112 Å². The molecule has 3 heterocycles. The lowest BCUT2D eigenvalue weighted by Gasteiger charge is -2.44. The molecule has 1 amide bonds. The average Bonchev–Trinajstić information content (AvgIpc) is 3.87. The summed E-state index contributed by atoms with van der Waals surface area (Å²) in [5.74, 6) is 0.260. The topological polar surface area (TPSA) is 212 Å². The number of H-pyrrole nitrogens is 1. The number of hydrogen-bond donors (Lipinski definition) is 3. The van der Waals surface area contributed by atoms with Crippen LogP contribution in [-0.2, 0) is 33.3 Å². The molecule has 1 aliphatic rings. The van der Waals surface area contributed by atoms with Gasteiger partial charge >= 0.3 is 7.75 Å². The molecular formula is C47H60N7O10P. The van der Waals surface area contributed by atoms with Gasteiger partial charge in [-0.25, -0.2) is 14.2 Å². The summed E-state index contributed by atoms with van der Waals surface area (Å²) in [6.45, 7) is 12.7. The normalized spacial score (nSPS) is 19.2. The van der Waals surface area contributed by atoms with Gasteiger partial charge in [0.25, 0.3) is 5.56 Å². The third-order valence-electron chi connectivity index (χ3n) is 11.4. The molecule has 0 aliphatic carbocycles. The SMILES string of the molecule is CCCO[C@@H]1[C@H](OP(=O)(OCCC#N)N(C(C)C)C(C)C)[C@@H](C(O)C(c2ccccc2)(c2ccc(OC)cc2)c2ccc(OC)cc2)O[C@H]1n1cnc2c(=O)[nH]c(NC(=O)C(C)C)nc21. The fraction of sp³-hybridized carbons (Fsp3) is 0.468. The molecule has 2 unspecified atom stereocenters.